The normalized spacial score (nSPS) is 14.2. The van der Waals surface area contributed by atoms with Crippen molar-refractivity contribution in [2.24, 2.45) is 0 Å². The summed E-state index contributed by atoms with van der Waals surface area (Å²) in [5.74, 6) is 0. The van der Waals surface area contributed by atoms with Gasteiger partial charge in [-0.1, -0.05) is 197 Å². The van der Waals surface area contributed by atoms with Crippen LogP contribution in [0.15, 0.2) is 208 Å². The van der Waals surface area contributed by atoms with Crippen LogP contribution < -0.4 is 0 Å². The van der Waals surface area contributed by atoms with Gasteiger partial charge >= 0.3 is 20.2 Å². The Labute approximate surface area is 483 Å². The topological polar surface area (TPSA) is 141 Å². The molecule has 0 unspecified atom stereocenters. The molecule has 0 fully saturated rings. The molecular weight excluding hydrogens is 1100 g/mol. The van der Waals surface area contributed by atoms with Gasteiger partial charge in [0.15, 0.2) is 0 Å². The molecule has 1 N–H and O–H groups in total. The van der Waals surface area contributed by atoms with E-state index in [1.807, 2.05) is 146 Å². The molecule has 9 nitrogen and oxygen atoms in total. The summed E-state index contributed by atoms with van der Waals surface area (Å²) in [7, 11) is -22.6. The Kier molecular flexibility index (Phi) is 16.9. The summed E-state index contributed by atoms with van der Waals surface area (Å²) >= 11 is 0. The van der Waals surface area contributed by atoms with E-state index in [1.165, 1.54) is 0 Å². The van der Waals surface area contributed by atoms with Crippen LogP contribution in [-0.2, 0) is 70.1 Å². The first-order valence-corrected chi connectivity index (χ1v) is 34.2. The Balaban J connectivity index is 1.53. The maximum absolute atomic E-state index is 15.8. The van der Waals surface area contributed by atoms with Crippen molar-refractivity contribution in [2.45, 2.75) is 201 Å². The van der Waals surface area contributed by atoms with Gasteiger partial charge in [0.05, 0.1) is 14.7 Å². The van der Waals surface area contributed by atoms with Crippen molar-refractivity contribution in [3.05, 3.63) is 197 Å². The van der Waals surface area contributed by atoms with Crippen LogP contribution in [0.2, 0.25) is 0 Å². The number of rotatable bonds is 13. The van der Waals surface area contributed by atoms with Crippen LogP contribution >= 0.6 is 20.6 Å². The predicted molar refractivity (Wildman–Crippen MR) is 328 cm³/mol. The summed E-state index contributed by atoms with van der Waals surface area (Å²) in [4.78, 5) is 0.349. The van der Waals surface area contributed by atoms with Gasteiger partial charge in [-0.25, -0.2) is 7.26 Å². The second kappa shape index (κ2) is 21.6. The molecule has 0 saturated heterocycles. The van der Waals surface area contributed by atoms with Gasteiger partial charge in [0.2, 0.25) is 0 Å². The van der Waals surface area contributed by atoms with Crippen LogP contribution in [0, 0.1) is 0 Å². The SMILES string of the molecule is CC(C)(C)c1ccc(S(OS(=O)(=O)c2cc(S(=O)(=O)O)cc(S(=O)(=O)OS(c3ccc(C(C)(C)C)cc3)(c3ccc(C(C)(C)C)cc3)c3ccc(C(C)(C)C)cc3)c2)(c2ccc(C(C)(C)C)cc2)c2ccc(C(C)(C)C)cc2)cc1. The summed E-state index contributed by atoms with van der Waals surface area (Å²) in [6.07, 6.45) is 0. The van der Waals surface area contributed by atoms with Crippen molar-refractivity contribution >= 4 is 51.0 Å². The van der Waals surface area contributed by atoms with Gasteiger partial charge in [0, 0.05) is 29.4 Å². The highest BCUT2D eigenvalue weighted by atomic mass is 32.3. The molecular formula is C66H82O9S5. The molecule has 7 rings (SSSR count). The molecule has 7 aromatic carbocycles. The zero-order chi connectivity index (χ0) is 59.7. The van der Waals surface area contributed by atoms with Crippen LogP contribution in [0.3, 0.4) is 0 Å². The van der Waals surface area contributed by atoms with Crippen LogP contribution in [-0.4, -0.2) is 29.8 Å². The first-order valence-electron chi connectivity index (χ1n) is 26.8. The minimum Gasteiger partial charge on any atom is -0.282 e. The highest BCUT2D eigenvalue weighted by Gasteiger charge is 2.43. The van der Waals surface area contributed by atoms with Gasteiger partial charge < -0.3 is 0 Å². The molecule has 0 aliphatic rings. The zero-order valence-corrected chi connectivity index (χ0v) is 53.9. The van der Waals surface area contributed by atoms with Gasteiger partial charge in [-0.05, 0) is 177 Å². The number of hydrogen-bond acceptors (Lipinski definition) is 8. The van der Waals surface area contributed by atoms with Crippen molar-refractivity contribution in [3.63, 3.8) is 0 Å². The molecule has 0 atom stereocenters. The Morgan fingerprint density at radius 2 is 0.400 bits per heavy atom. The third-order valence-electron chi connectivity index (χ3n) is 14.4. The van der Waals surface area contributed by atoms with Crippen molar-refractivity contribution in [2.75, 3.05) is 0 Å². The van der Waals surface area contributed by atoms with Gasteiger partial charge in [0.1, 0.15) is 0 Å². The van der Waals surface area contributed by atoms with E-state index in [0.717, 1.165) is 51.6 Å². The molecule has 0 aromatic heterocycles. The van der Waals surface area contributed by atoms with Crippen molar-refractivity contribution < 1.29 is 37.1 Å². The number of benzene rings is 7. The molecule has 80 heavy (non-hydrogen) atoms. The van der Waals surface area contributed by atoms with E-state index in [4.69, 9.17) is 7.26 Å². The summed E-state index contributed by atoms with van der Waals surface area (Å²) in [6, 6.07) is 47.9. The molecule has 0 amide bonds. The van der Waals surface area contributed by atoms with Gasteiger partial charge in [-0.2, -0.15) is 25.3 Å². The highest BCUT2D eigenvalue weighted by Crippen LogP contribution is 2.72. The molecule has 14 heteroatoms. The first-order chi connectivity index (χ1) is 36.5. The third kappa shape index (κ3) is 13.2. The average Bonchev–Trinajstić information content (AvgIpc) is 3.45. The van der Waals surface area contributed by atoms with E-state index < -0.39 is 65.7 Å². The summed E-state index contributed by atoms with van der Waals surface area (Å²) in [6.45, 7) is 37.4. The lowest BCUT2D eigenvalue weighted by molar-refractivity contribution is 0.482. The van der Waals surface area contributed by atoms with Crippen LogP contribution in [0.25, 0.3) is 0 Å². The average molecular weight is 1180 g/mol. The molecule has 430 valence electrons. The third-order valence-corrected chi connectivity index (χ3v) is 25.6. The molecule has 0 spiro atoms. The fourth-order valence-electron chi connectivity index (χ4n) is 9.26. The van der Waals surface area contributed by atoms with E-state index in [9.17, 15) is 13.0 Å². The van der Waals surface area contributed by atoms with Crippen molar-refractivity contribution in [3.8, 4) is 0 Å². The smallest absolute Gasteiger partial charge is 0.282 e. The molecule has 0 aliphatic heterocycles. The lowest BCUT2D eigenvalue weighted by Gasteiger charge is -2.40. The predicted octanol–water partition coefficient (Wildman–Crippen LogP) is 17.9. The second-order valence-electron chi connectivity index (χ2n) is 26.9. The lowest BCUT2D eigenvalue weighted by Crippen LogP contribution is -2.19. The summed E-state index contributed by atoms with van der Waals surface area (Å²) in [5, 5.41) is 0. The molecule has 7 aromatic rings. The quantitative estimate of drug-likeness (QED) is 0.112. The van der Waals surface area contributed by atoms with E-state index in [0.29, 0.717) is 29.4 Å². The lowest BCUT2D eigenvalue weighted by atomic mass is 9.87. The molecule has 0 bridgehead atoms. The Morgan fingerprint density at radius 1 is 0.250 bits per heavy atom. The standard InChI is InChI=1S/C66H82O9S5/c1-61(2,3)46-19-31-52(32-20-46)76(53-33-21-47(22-34-53)62(4,5)6,54-35-23-48(24-36-54)63(7,8)9)74-79(70,71)59-43-58(78(67,68)69)44-60(45-59)80(72,73)75-77(55-37-25-49(26-38-55)64(10,11)12,56-39-27-50(28-40-56)65(13,14)15)57-41-29-51(30-42-57)66(16,17)18/h19-45H,1-18H3,(H,67,68,69). The molecule has 0 saturated carbocycles. The monoisotopic (exact) mass is 1180 g/mol. The largest absolute Gasteiger partial charge is 0.307 e. The van der Waals surface area contributed by atoms with E-state index in [1.54, 1.807) is 0 Å². The summed E-state index contributed by atoms with van der Waals surface area (Å²) < 4.78 is 115. The Hall–Kier alpha value is -5.03. The number of hydrogen-bond donors (Lipinski definition) is 1. The van der Waals surface area contributed by atoms with Gasteiger partial charge in [-0.15, -0.1) is 0 Å². The maximum Gasteiger partial charge on any atom is 0.307 e. The fourth-order valence-corrected chi connectivity index (χ4v) is 20.5. The van der Waals surface area contributed by atoms with Crippen LogP contribution in [0.1, 0.15) is 158 Å². The second-order valence-corrected chi connectivity index (χ2v) is 37.2. The van der Waals surface area contributed by atoms with Gasteiger partial charge in [-0.3, -0.25) is 4.55 Å². The molecule has 0 heterocycles. The van der Waals surface area contributed by atoms with Crippen molar-refractivity contribution in [1.82, 2.24) is 0 Å². The Bertz CT molecular complexity index is 3190. The fraction of sp³-hybridized carbons (Fsp3) is 0.364. The van der Waals surface area contributed by atoms with E-state index in [-0.39, 0.29) is 32.5 Å². The molecule has 0 radical (unpaired) electrons. The van der Waals surface area contributed by atoms with Crippen LogP contribution in [0.5, 0.6) is 0 Å². The maximum atomic E-state index is 15.8. The highest BCUT2D eigenvalue weighted by molar-refractivity contribution is 8.33. The van der Waals surface area contributed by atoms with E-state index in [2.05, 4.69) is 125 Å². The minimum atomic E-state index is -5.31. The zero-order valence-electron chi connectivity index (χ0n) is 49.8. The minimum absolute atomic E-state index is 0.271. The van der Waals surface area contributed by atoms with Crippen LogP contribution in [0.4, 0.5) is 0 Å². The van der Waals surface area contributed by atoms with Gasteiger partial charge in [0.25, 0.3) is 10.1 Å². The van der Waals surface area contributed by atoms with E-state index >= 15 is 16.8 Å². The van der Waals surface area contributed by atoms with Crippen molar-refractivity contribution in [1.29, 1.82) is 0 Å². The summed E-state index contributed by atoms with van der Waals surface area (Å²) in [5.41, 5.74) is 4.28. The first kappa shape index (κ1) is 62.6. The Morgan fingerprint density at radius 3 is 0.537 bits per heavy atom. The molecule has 0 aliphatic carbocycles.